The highest BCUT2D eigenvalue weighted by Gasteiger charge is 2.25. The summed E-state index contributed by atoms with van der Waals surface area (Å²) in [7, 11) is 2.34. The lowest BCUT2D eigenvalue weighted by Crippen LogP contribution is -2.49. The molecule has 1 saturated heterocycles. The minimum absolute atomic E-state index is 0.441. The number of hydrogen-bond donors (Lipinski definition) is 1. The largest absolute Gasteiger partial charge is 0.357 e. The quantitative estimate of drug-likeness (QED) is 0.761. The van der Waals surface area contributed by atoms with E-state index in [0.29, 0.717) is 44.0 Å². The molecule has 0 aromatic carbocycles. The van der Waals surface area contributed by atoms with Crippen LogP contribution in [0.25, 0.3) is 0 Å². The first-order chi connectivity index (χ1) is 9.81. The molecule has 2 rings (SSSR count). The summed E-state index contributed by atoms with van der Waals surface area (Å²) >= 11 is 0. The first kappa shape index (κ1) is 15.7. The van der Waals surface area contributed by atoms with E-state index in [1.807, 2.05) is 19.0 Å². The number of piperazine rings is 1. The number of rotatable bonds is 4. The van der Waals surface area contributed by atoms with E-state index in [0.717, 1.165) is 0 Å². The number of hydrogen-bond acceptors (Lipinski definition) is 8. The molecule has 0 saturated carbocycles. The molecule has 0 spiro atoms. The van der Waals surface area contributed by atoms with Crippen molar-refractivity contribution in [2.75, 3.05) is 68.7 Å². The lowest BCUT2D eigenvalue weighted by atomic mass is 10.4. The minimum atomic E-state index is -3.13. The van der Waals surface area contributed by atoms with Gasteiger partial charge in [0, 0.05) is 47.3 Å². The molecule has 1 N–H and O–H groups in total. The van der Waals surface area contributed by atoms with E-state index in [2.05, 4.69) is 20.3 Å². The van der Waals surface area contributed by atoms with Gasteiger partial charge < -0.3 is 15.1 Å². The molecule has 21 heavy (non-hydrogen) atoms. The smallest absolute Gasteiger partial charge is 0.232 e. The fourth-order valence-electron chi connectivity index (χ4n) is 2.03. The standard InChI is InChI=1S/C11H21N7O2S/c1-12-9-13-10(16(2)3)15-11(14-9)17-5-7-18(8-6-17)21(4,19)20/h5-8H2,1-4H3,(H,12,13,14,15). The molecule has 1 aliphatic heterocycles. The molecule has 1 aliphatic rings. The second-order valence-electron chi connectivity index (χ2n) is 5.05. The van der Waals surface area contributed by atoms with Crippen LogP contribution in [-0.4, -0.2) is 81.3 Å². The van der Waals surface area contributed by atoms with E-state index in [9.17, 15) is 8.42 Å². The number of nitrogens with zero attached hydrogens (tertiary/aromatic N) is 6. The third kappa shape index (κ3) is 3.70. The van der Waals surface area contributed by atoms with Crippen LogP contribution >= 0.6 is 0 Å². The Morgan fingerprint density at radius 1 is 1.10 bits per heavy atom. The fourth-order valence-corrected chi connectivity index (χ4v) is 2.85. The fraction of sp³-hybridized carbons (Fsp3) is 0.727. The first-order valence-corrected chi connectivity index (χ1v) is 8.47. The molecular weight excluding hydrogens is 294 g/mol. The molecule has 0 amide bonds. The molecule has 1 fully saturated rings. The Hall–Kier alpha value is -1.68. The van der Waals surface area contributed by atoms with Crippen molar-refractivity contribution < 1.29 is 8.42 Å². The van der Waals surface area contributed by atoms with Crippen molar-refractivity contribution in [3.63, 3.8) is 0 Å². The van der Waals surface area contributed by atoms with Gasteiger partial charge in [0.05, 0.1) is 6.26 Å². The third-order valence-corrected chi connectivity index (χ3v) is 4.53. The molecule has 1 aromatic heterocycles. The second-order valence-corrected chi connectivity index (χ2v) is 7.03. The van der Waals surface area contributed by atoms with Crippen molar-refractivity contribution in [3.8, 4) is 0 Å². The SMILES string of the molecule is CNc1nc(N(C)C)nc(N2CCN(S(C)(=O)=O)CC2)n1. The Labute approximate surface area is 125 Å². The highest BCUT2D eigenvalue weighted by atomic mass is 32.2. The number of aromatic nitrogens is 3. The summed E-state index contributed by atoms with van der Waals surface area (Å²) in [5.41, 5.74) is 0. The van der Waals surface area contributed by atoms with Crippen molar-refractivity contribution >= 4 is 27.9 Å². The van der Waals surface area contributed by atoms with E-state index in [4.69, 9.17) is 0 Å². The average molecular weight is 315 g/mol. The maximum Gasteiger partial charge on any atom is 0.232 e. The predicted octanol–water partition coefficient (Wildman–Crippen LogP) is -0.939. The number of sulfonamides is 1. The van der Waals surface area contributed by atoms with Gasteiger partial charge in [0.25, 0.3) is 0 Å². The summed E-state index contributed by atoms with van der Waals surface area (Å²) in [4.78, 5) is 16.8. The first-order valence-electron chi connectivity index (χ1n) is 6.62. The van der Waals surface area contributed by atoms with Crippen LogP contribution in [0.1, 0.15) is 0 Å². The molecule has 2 heterocycles. The molecule has 10 heteroatoms. The molecule has 0 bridgehead atoms. The summed E-state index contributed by atoms with van der Waals surface area (Å²) in [5.74, 6) is 1.62. The maximum absolute atomic E-state index is 11.5. The lowest BCUT2D eigenvalue weighted by molar-refractivity contribution is 0.385. The summed E-state index contributed by atoms with van der Waals surface area (Å²) in [6, 6.07) is 0. The molecule has 9 nitrogen and oxygen atoms in total. The van der Waals surface area contributed by atoms with Crippen LogP contribution in [0.2, 0.25) is 0 Å². The zero-order chi connectivity index (χ0) is 15.6. The number of anilines is 3. The second kappa shape index (κ2) is 5.98. The lowest BCUT2D eigenvalue weighted by Gasteiger charge is -2.33. The van der Waals surface area contributed by atoms with Crippen LogP contribution in [-0.2, 0) is 10.0 Å². The van der Waals surface area contributed by atoms with E-state index in [1.54, 1.807) is 11.9 Å². The molecular formula is C11H21N7O2S. The monoisotopic (exact) mass is 315 g/mol. The van der Waals surface area contributed by atoms with Gasteiger partial charge in [0.1, 0.15) is 0 Å². The zero-order valence-corrected chi connectivity index (χ0v) is 13.6. The van der Waals surface area contributed by atoms with Crippen LogP contribution < -0.4 is 15.1 Å². The minimum Gasteiger partial charge on any atom is -0.357 e. The summed E-state index contributed by atoms with van der Waals surface area (Å²) < 4.78 is 24.5. The topological polar surface area (TPSA) is 94.6 Å². The van der Waals surface area contributed by atoms with E-state index in [1.165, 1.54) is 10.6 Å². The van der Waals surface area contributed by atoms with Crippen LogP contribution in [0.5, 0.6) is 0 Å². The Morgan fingerprint density at radius 3 is 2.19 bits per heavy atom. The highest BCUT2D eigenvalue weighted by molar-refractivity contribution is 7.88. The van der Waals surface area contributed by atoms with Crippen molar-refractivity contribution in [1.82, 2.24) is 19.3 Å². The van der Waals surface area contributed by atoms with Crippen LogP contribution in [0, 0.1) is 0 Å². The Kier molecular flexibility index (Phi) is 4.47. The molecule has 0 unspecified atom stereocenters. The molecule has 0 radical (unpaired) electrons. The molecule has 1 aromatic rings. The normalized spacial score (nSPS) is 16.9. The number of nitrogens with one attached hydrogen (secondary N) is 1. The van der Waals surface area contributed by atoms with Gasteiger partial charge in [0.15, 0.2) is 0 Å². The van der Waals surface area contributed by atoms with Gasteiger partial charge in [-0.1, -0.05) is 0 Å². The zero-order valence-electron chi connectivity index (χ0n) is 12.7. The van der Waals surface area contributed by atoms with Gasteiger partial charge in [-0.15, -0.1) is 0 Å². The van der Waals surface area contributed by atoms with Crippen LogP contribution in [0.3, 0.4) is 0 Å². The van der Waals surface area contributed by atoms with Gasteiger partial charge in [-0.05, 0) is 0 Å². The summed E-state index contributed by atoms with van der Waals surface area (Å²) in [5, 5.41) is 2.91. The summed E-state index contributed by atoms with van der Waals surface area (Å²) in [6.45, 7) is 2.01. The third-order valence-electron chi connectivity index (χ3n) is 3.23. The van der Waals surface area contributed by atoms with Gasteiger partial charge in [-0.3, -0.25) is 0 Å². The predicted molar refractivity (Wildman–Crippen MR) is 82.3 cm³/mol. The Bertz CT molecular complexity index is 597. The average Bonchev–Trinajstić information content (AvgIpc) is 2.46. The van der Waals surface area contributed by atoms with Crippen LogP contribution in [0.15, 0.2) is 0 Å². The molecule has 0 atom stereocenters. The Morgan fingerprint density at radius 2 is 1.71 bits per heavy atom. The van der Waals surface area contributed by atoms with E-state index in [-0.39, 0.29) is 0 Å². The molecule has 118 valence electrons. The van der Waals surface area contributed by atoms with Crippen molar-refractivity contribution in [2.45, 2.75) is 0 Å². The highest BCUT2D eigenvalue weighted by Crippen LogP contribution is 2.17. The Balaban J connectivity index is 2.18. The van der Waals surface area contributed by atoms with E-state index < -0.39 is 10.0 Å². The van der Waals surface area contributed by atoms with Crippen molar-refractivity contribution in [3.05, 3.63) is 0 Å². The maximum atomic E-state index is 11.5. The van der Waals surface area contributed by atoms with Crippen LogP contribution in [0.4, 0.5) is 17.8 Å². The molecule has 0 aliphatic carbocycles. The summed E-state index contributed by atoms with van der Waals surface area (Å²) in [6.07, 6.45) is 1.23. The van der Waals surface area contributed by atoms with Crippen molar-refractivity contribution in [2.24, 2.45) is 0 Å². The van der Waals surface area contributed by atoms with Gasteiger partial charge in [-0.2, -0.15) is 19.3 Å². The van der Waals surface area contributed by atoms with Gasteiger partial charge >= 0.3 is 0 Å². The van der Waals surface area contributed by atoms with E-state index >= 15 is 0 Å². The van der Waals surface area contributed by atoms with Crippen molar-refractivity contribution in [1.29, 1.82) is 0 Å². The van der Waals surface area contributed by atoms with Gasteiger partial charge in [0.2, 0.25) is 27.9 Å². The van der Waals surface area contributed by atoms with Gasteiger partial charge in [-0.25, -0.2) is 8.42 Å².